The molecule has 0 radical (unpaired) electrons. The van der Waals surface area contributed by atoms with Crippen molar-refractivity contribution >= 4 is 22.6 Å². The van der Waals surface area contributed by atoms with Crippen molar-refractivity contribution in [2.75, 3.05) is 18.5 Å². The highest BCUT2D eigenvalue weighted by atomic mass is 16.5. The lowest BCUT2D eigenvalue weighted by Gasteiger charge is -2.35. The number of aromatic nitrogens is 1. The largest absolute Gasteiger partial charge is 0.492 e. The predicted molar refractivity (Wildman–Crippen MR) is 108 cm³/mol. The van der Waals surface area contributed by atoms with Crippen LogP contribution in [0.15, 0.2) is 48.5 Å². The van der Waals surface area contributed by atoms with Crippen molar-refractivity contribution in [3.63, 3.8) is 0 Å². The van der Waals surface area contributed by atoms with Gasteiger partial charge in [-0.2, -0.15) is 0 Å². The van der Waals surface area contributed by atoms with Gasteiger partial charge in [0.25, 0.3) is 0 Å². The Morgan fingerprint density at radius 1 is 1.19 bits per heavy atom. The van der Waals surface area contributed by atoms with Gasteiger partial charge in [-0.15, -0.1) is 0 Å². The van der Waals surface area contributed by atoms with Crippen molar-refractivity contribution in [3.05, 3.63) is 59.8 Å². The molecule has 3 aromatic rings. The molecule has 2 amide bonds. The SMILES string of the molecule is CCOc1ccccc1NC(=O)N1CCc2c([nH]c3ccccc23)C1CC. The third kappa shape index (κ3) is 3.14. The number of aromatic amines is 1. The Kier molecular flexibility index (Phi) is 4.75. The molecule has 140 valence electrons. The molecule has 0 fully saturated rings. The highest BCUT2D eigenvalue weighted by Crippen LogP contribution is 2.36. The maximum absolute atomic E-state index is 13.1. The molecule has 0 saturated carbocycles. The van der Waals surface area contributed by atoms with E-state index in [9.17, 15) is 4.79 Å². The Bertz CT molecular complexity index is 963. The molecule has 5 heteroatoms. The molecule has 5 nitrogen and oxygen atoms in total. The van der Waals surface area contributed by atoms with Gasteiger partial charge in [-0.25, -0.2) is 4.79 Å². The van der Waals surface area contributed by atoms with Crippen LogP contribution in [0.3, 0.4) is 0 Å². The van der Waals surface area contributed by atoms with Gasteiger partial charge in [-0.05, 0) is 43.5 Å². The fourth-order valence-corrected chi connectivity index (χ4v) is 4.02. The summed E-state index contributed by atoms with van der Waals surface area (Å²) in [6.45, 7) is 5.33. The van der Waals surface area contributed by atoms with Crippen LogP contribution in [0, 0.1) is 0 Å². The molecule has 0 bridgehead atoms. The summed E-state index contributed by atoms with van der Waals surface area (Å²) in [7, 11) is 0. The Labute approximate surface area is 159 Å². The van der Waals surface area contributed by atoms with E-state index in [1.165, 1.54) is 10.9 Å². The first-order valence-corrected chi connectivity index (χ1v) is 9.61. The number of hydrogen-bond donors (Lipinski definition) is 2. The molecule has 0 saturated heterocycles. The first-order chi connectivity index (χ1) is 13.2. The Morgan fingerprint density at radius 2 is 1.96 bits per heavy atom. The van der Waals surface area contributed by atoms with Crippen molar-refractivity contribution in [2.45, 2.75) is 32.7 Å². The number of carbonyl (C=O) groups is 1. The highest BCUT2D eigenvalue weighted by molar-refractivity contribution is 5.92. The molecule has 1 atom stereocenters. The van der Waals surface area contributed by atoms with Crippen LogP contribution in [0.1, 0.15) is 37.6 Å². The van der Waals surface area contributed by atoms with Crippen LogP contribution >= 0.6 is 0 Å². The maximum atomic E-state index is 13.1. The van der Waals surface area contributed by atoms with Gasteiger partial charge in [0.2, 0.25) is 0 Å². The Hall–Kier alpha value is -2.95. The van der Waals surface area contributed by atoms with Crippen LogP contribution in [-0.2, 0) is 6.42 Å². The summed E-state index contributed by atoms with van der Waals surface area (Å²) in [5, 5.41) is 4.31. The standard InChI is InChI=1S/C22H25N3O2/c1-3-19-21-16(15-9-5-6-10-17(15)23-21)13-14-25(19)22(26)24-18-11-7-8-12-20(18)27-4-2/h5-12,19,23H,3-4,13-14H2,1-2H3,(H,24,26). The van der Waals surface area contributed by atoms with E-state index in [4.69, 9.17) is 4.74 Å². The summed E-state index contributed by atoms with van der Waals surface area (Å²) in [6.07, 6.45) is 1.72. The lowest BCUT2D eigenvalue weighted by molar-refractivity contribution is 0.179. The second-order valence-electron chi connectivity index (χ2n) is 6.79. The zero-order valence-electron chi connectivity index (χ0n) is 15.8. The second-order valence-corrected chi connectivity index (χ2v) is 6.79. The molecule has 2 heterocycles. The number of nitrogens with zero attached hydrogens (tertiary/aromatic N) is 1. The minimum absolute atomic E-state index is 0.0420. The molecule has 1 aliphatic rings. The molecule has 2 N–H and O–H groups in total. The summed E-state index contributed by atoms with van der Waals surface area (Å²) in [6, 6.07) is 15.9. The van der Waals surface area contributed by atoms with E-state index in [-0.39, 0.29) is 12.1 Å². The van der Waals surface area contributed by atoms with Gasteiger partial charge < -0.3 is 19.9 Å². The minimum Gasteiger partial charge on any atom is -0.492 e. The van der Waals surface area contributed by atoms with E-state index in [0.717, 1.165) is 24.1 Å². The van der Waals surface area contributed by atoms with Gasteiger partial charge >= 0.3 is 6.03 Å². The lowest BCUT2D eigenvalue weighted by Crippen LogP contribution is -2.42. The van der Waals surface area contributed by atoms with Crippen molar-refractivity contribution in [3.8, 4) is 5.75 Å². The van der Waals surface area contributed by atoms with Crippen LogP contribution < -0.4 is 10.1 Å². The van der Waals surface area contributed by atoms with E-state index in [1.54, 1.807) is 0 Å². The number of benzene rings is 2. The number of carbonyl (C=O) groups excluding carboxylic acids is 1. The number of amides is 2. The number of H-pyrrole nitrogens is 1. The average Bonchev–Trinajstić information content (AvgIpc) is 3.07. The molecule has 0 spiro atoms. The van der Waals surface area contributed by atoms with Crippen LogP contribution in [0.2, 0.25) is 0 Å². The molecule has 2 aromatic carbocycles. The molecule has 4 rings (SSSR count). The van der Waals surface area contributed by atoms with Crippen LogP contribution in [0.5, 0.6) is 5.75 Å². The minimum atomic E-state index is -0.0849. The van der Waals surface area contributed by atoms with E-state index in [1.807, 2.05) is 42.2 Å². The van der Waals surface area contributed by atoms with Crippen LogP contribution in [0.25, 0.3) is 10.9 Å². The number of rotatable bonds is 4. The smallest absolute Gasteiger partial charge is 0.322 e. The summed E-state index contributed by atoms with van der Waals surface area (Å²) in [4.78, 5) is 18.5. The van der Waals surface area contributed by atoms with Crippen molar-refractivity contribution < 1.29 is 9.53 Å². The van der Waals surface area contributed by atoms with Gasteiger partial charge in [0.15, 0.2) is 0 Å². The summed E-state index contributed by atoms with van der Waals surface area (Å²) in [5.74, 6) is 0.699. The number of hydrogen-bond acceptors (Lipinski definition) is 2. The Morgan fingerprint density at radius 3 is 2.78 bits per heavy atom. The molecule has 1 aromatic heterocycles. The normalized spacial score (nSPS) is 16.2. The average molecular weight is 363 g/mol. The zero-order valence-corrected chi connectivity index (χ0v) is 15.8. The fraction of sp³-hybridized carbons (Fsp3) is 0.318. The van der Waals surface area contributed by atoms with Crippen molar-refractivity contribution in [2.24, 2.45) is 0 Å². The van der Waals surface area contributed by atoms with Crippen molar-refractivity contribution in [1.82, 2.24) is 9.88 Å². The van der Waals surface area contributed by atoms with Crippen molar-refractivity contribution in [1.29, 1.82) is 0 Å². The third-order valence-corrected chi connectivity index (χ3v) is 5.23. The second kappa shape index (κ2) is 7.35. The first kappa shape index (κ1) is 17.5. The van der Waals surface area contributed by atoms with Gasteiger partial charge in [0.1, 0.15) is 5.75 Å². The molecular formula is C22H25N3O2. The Balaban J connectivity index is 1.62. The van der Waals surface area contributed by atoms with E-state index in [0.29, 0.717) is 24.6 Å². The number of ether oxygens (including phenoxy) is 1. The van der Waals surface area contributed by atoms with Gasteiger partial charge in [0.05, 0.1) is 18.3 Å². The van der Waals surface area contributed by atoms with Gasteiger partial charge in [-0.1, -0.05) is 37.3 Å². The zero-order chi connectivity index (χ0) is 18.8. The summed E-state index contributed by atoms with van der Waals surface area (Å²) < 4.78 is 5.64. The quantitative estimate of drug-likeness (QED) is 0.677. The first-order valence-electron chi connectivity index (χ1n) is 9.61. The highest BCUT2D eigenvalue weighted by Gasteiger charge is 2.32. The summed E-state index contributed by atoms with van der Waals surface area (Å²) >= 11 is 0. The number of urea groups is 1. The molecular weight excluding hydrogens is 338 g/mol. The molecule has 27 heavy (non-hydrogen) atoms. The molecule has 0 aliphatic carbocycles. The number of nitrogens with one attached hydrogen (secondary N) is 2. The molecule has 1 unspecified atom stereocenters. The monoisotopic (exact) mass is 363 g/mol. The molecule has 1 aliphatic heterocycles. The number of para-hydroxylation sites is 3. The topological polar surface area (TPSA) is 57.4 Å². The van der Waals surface area contributed by atoms with Gasteiger partial charge in [-0.3, -0.25) is 0 Å². The number of anilines is 1. The van der Waals surface area contributed by atoms with Crippen LogP contribution in [0.4, 0.5) is 10.5 Å². The van der Waals surface area contributed by atoms with E-state index >= 15 is 0 Å². The maximum Gasteiger partial charge on any atom is 0.322 e. The fourth-order valence-electron chi connectivity index (χ4n) is 4.02. The number of fused-ring (bicyclic) bond motifs is 3. The van der Waals surface area contributed by atoms with E-state index in [2.05, 4.69) is 35.4 Å². The lowest BCUT2D eigenvalue weighted by atomic mass is 9.96. The predicted octanol–water partition coefficient (Wildman–Crippen LogP) is 5.11. The third-order valence-electron chi connectivity index (χ3n) is 5.23. The van der Waals surface area contributed by atoms with Gasteiger partial charge in [0, 0.05) is 23.1 Å². The van der Waals surface area contributed by atoms with Crippen LogP contribution in [-0.4, -0.2) is 29.1 Å². The van der Waals surface area contributed by atoms with E-state index < -0.39 is 0 Å². The summed E-state index contributed by atoms with van der Waals surface area (Å²) in [5.41, 5.74) is 4.36.